The molecule has 6 nitrogen and oxygen atoms in total. The van der Waals surface area contributed by atoms with Crippen molar-refractivity contribution < 1.29 is 19.1 Å². The first kappa shape index (κ1) is 20.5. The number of esters is 1. The Labute approximate surface area is 163 Å². The summed E-state index contributed by atoms with van der Waals surface area (Å²) in [4.78, 5) is 38.3. The average Bonchev–Trinajstić information content (AvgIpc) is 2.68. The monoisotopic (exact) mass is 388 g/mol. The molecule has 0 spiro atoms. The molecule has 2 rings (SSSR count). The van der Waals surface area contributed by atoms with Crippen molar-refractivity contribution >= 4 is 35.1 Å². The summed E-state index contributed by atoms with van der Waals surface area (Å²) in [5.74, 6) is -1.33. The van der Waals surface area contributed by atoms with Crippen molar-refractivity contribution in [2.45, 2.75) is 13.8 Å². The molecule has 1 N–H and O–H groups in total. The highest BCUT2D eigenvalue weighted by atomic mass is 35.5. The standard InChI is InChI=1S/C20H21ClN2O4/c1-3-23(4-2)18(24)13-27-20(26)16-7-5-6-8-17(16)22-19(25)14-9-11-15(21)12-10-14/h5-12H,3-4,13H2,1-2H3,(H,22,25). The topological polar surface area (TPSA) is 75.7 Å². The van der Waals surface area contributed by atoms with Crippen LogP contribution < -0.4 is 5.32 Å². The number of nitrogens with zero attached hydrogens (tertiary/aromatic N) is 1. The third-order valence-electron chi connectivity index (χ3n) is 3.94. The van der Waals surface area contributed by atoms with Crippen molar-refractivity contribution in [3.05, 3.63) is 64.7 Å². The van der Waals surface area contributed by atoms with E-state index in [0.29, 0.717) is 29.4 Å². The molecule has 0 aliphatic rings. The molecule has 0 unspecified atom stereocenters. The highest BCUT2D eigenvalue weighted by Gasteiger charge is 2.18. The molecule has 0 saturated heterocycles. The molecule has 0 aliphatic heterocycles. The summed E-state index contributed by atoms with van der Waals surface area (Å²) in [7, 11) is 0. The molecule has 0 saturated carbocycles. The van der Waals surface area contributed by atoms with Crippen molar-refractivity contribution in [3.63, 3.8) is 0 Å². The van der Waals surface area contributed by atoms with Crippen molar-refractivity contribution in [3.8, 4) is 0 Å². The lowest BCUT2D eigenvalue weighted by molar-refractivity contribution is -0.134. The van der Waals surface area contributed by atoms with Crippen molar-refractivity contribution in [1.29, 1.82) is 0 Å². The molecule has 142 valence electrons. The first-order chi connectivity index (χ1) is 13.0. The van der Waals surface area contributed by atoms with Crippen LogP contribution >= 0.6 is 11.6 Å². The normalized spacial score (nSPS) is 10.2. The maximum atomic E-state index is 12.4. The number of hydrogen-bond acceptors (Lipinski definition) is 4. The van der Waals surface area contributed by atoms with E-state index in [4.69, 9.17) is 16.3 Å². The van der Waals surface area contributed by atoms with Gasteiger partial charge in [0.25, 0.3) is 11.8 Å². The van der Waals surface area contributed by atoms with Crippen LogP contribution in [-0.4, -0.2) is 42.4 Å². The van der Waals surface area contributed by atoms with E-state index < -0.39 is 5.97 Å². The van der Waals surface area contributed by atoms with Gasteiger partial charge in [-0.1, -0.05) is 23.7 Å². The lowest BCUT2D eigenvalue weighted by Gasteiger charge is -2.18. The third kappa shape index (κ3) is 5.56. The van der Waals surface area contributed by atoms with E-state index in [1.165, 1.54) is 6.07 Å². The number of nitrogens with one attached hydrogen (secondary N) is 1. The minimum Gasteiger partial charge on any atom is -0.452 e. The second kappa shape index (κ2) is 9.73. The number of para-hydroxylation sites is 1. The molecule has 0 heterocycles. The van der Waals surface area contributed by atoms with Crippen LogP contribution in [0.2, 0.25) is 5.02 Å². The number of ether oxygens (including phenoxy) is 1. The molecular weight excluding hydrogens is 368 g/mol. The third-order valence-corrected chi connectivity index (χ3v) is 4.20. The van der Waals surface area contributed by atoms with E-state index in [0.717, 1.165) is 0 Å². The van der Waals surface area contributed by atoms with E-state index >= 15 is 0 Å². The van der Waals surface area contributed by atoms with Crippen LogP contribution in [0.3, 0.4) is 0 Å². The van der Waals surface area contributed by atoms with Gasteiger partial charge in [-0.2, -0.15) is 0 Å². The number of hydrogen-bond donors (Lipinski definition) is 1. The van der Waals surface area contributed by atoms with Crippen molar-refractivity contribution in [2.75, 3.05) is 25.0 Å². The molecule has 0 radical (unpaired) electrons. The van der Waals surface area contributed by atoms with Gasteiger partial charge in [-0.05, 0) is 50.2 Å². The van der Waals surface area contributed by atoms with E-state index in [1.54, 1.807) is 47.4 Å². The zero-order valence-corrected chi connectivity index (χ0v) is 16.0. The van der Waals surface area contributed by atoms with Gasteiger partial charge in [0.05, 0.1) is 11.3 Å². The van der Waals surface area contributed by atoms with Gasteiger partial charge in [0.2, 0.25) is 0 Å². The van der Waals surface area contributed by atoms with Crippen LogP contribution in [0.1, 0.15) is 34.6 Å². The second-order valence-electron chi connectivity index (χ2n) is 5.65. The molecular formula is C20H21ClN2O4. The Bertz CT molecular complexity index is 817. The summed E-state index contributed by atoms with van der Waals surface area (Å²) < 4.78 is 5.12. The maximum absolute atomic E-state index is 12.4. The van der Waals surface area contributed by atoms with Crippen molar-refractivity contribution in [2.24, 2.45) is 0 Å². The number of carbonyl (C=O) groups is 3. The van der Waals surface area contributed by atoms with Gasteiger partial charge >= 0.3 is 5.97 Å². The van der Waals surface area contributed by atoms with Crippen LogP contribution in [0.4, 0.5) is 5.69 Å². The number of likely N-dealkylation sites (N-methyl/N-ethyl adjacent to an activating group) is 1. The van der Waals surface area contributed by atoms with Crippen LogP contribution in [0, 0.1) is 0 Å². The smallest absolute Gasteiger partial charge is 0.340 e. The van der Waals surface area contributed by atoms with E-state index in [1.807, 2.05) is 13.8 Å². The summed E-state index contributed by atoms with van der Waals surface area (Å²) in [6, 6.07) is 12.8. The number of rotatable bonds is 7. The summed E-state index contributed by atoms with van der Waals surface area (Å²) in [6.07, 6.45) is 0. The fraction of sp³-hybridized carbons (Fsp3) is 0.250. The predicted molar refractivity (Wildman–Crippen MR) is 104 cm³/mol. The number of anilines is 1. The van der Waals surface area contributed by atoms with Gasteiger partial charge in [-0.15, -0.1) is 0 Å². The Morgan fingerprint density at radius 2 is 1.63 bits per heavy atom. The van der Waals surface area contributed by atoms with Gasteiger partial charge < -0.3 is 15.0 Å². The van der Waals surface area contributed by atoms with Gasteiger partial charge in [0.15, 0.2) is 6.61 Å². The van der Waals surface area contributed by atoms with E-state index in [-0.39, 0.29) is 24.0 Å². The highest BCUT2D eigenvalue weighted by Crippen LogP contribution is 2.18. The number of halogens is 1. The van der Waals surface area contributed by atoms with Crippen LogP contribution in [0.25, 0.3) is 0 Å². The van der Waals surface area contributed by atoms with E-state index in [9.17, 15) is 14.4 Å². The zero-order chi connectivity index (χ0) is 19.8. The Hall–Kier alpha value is -2.86. The van der Waals surface area contributed by atoms with Crippen LogP contribution in [-0.2, 0) is 9.53 Å². The minimum absolute atomic E-state index is 0.173. The first-order valence-electron chi connectivity index (χ1n) is 8.57. The Kier molecular flexibility index (Phi) is 7.37. The molecule has 0 aliphatic carbocycles. The highest BCUT2D eigenvalue weighted by molar-refractivity contribution is 6.30. The number of amides is 2. The fourth-order valence-corrected chi connectivity index (χ4v) is 2.56. The largest absolute Gasteiger partial charge is 0.452 e. The van der Waals surface area contributed by atoms with Gasteiger partial charge in [-0.25, -0.2) is 4.79 Å². The SMILES string of the molecule is CCN(CC)C(=O)COC(=O)c1ccccc1NC(=O)c1ccc(Cl)cc1. The van der Waals surface area contributed by atoms with Gasteiger partial charge in [0.1, 0.15) is 0 Å². The molecule has 7 heteroatoms. The average molecular weight is 389 g/mol. The maximum Gasteiger partial charge on any atom is 0.340 e. The number of benzene rings is 2. The Balaban J connectivity index is 2.08. The molecule has 27 heavy (non-hydrogen) atoms. The van der Waals surface area contributed by atoms with Crippen LogP contribution in [0.5, 0.6) is 0 Å². The summed E-state index contributed by atoms with van der Waals surface area (Å²) in [5, 5.41) is 3.20. The molecule has 0 fully saturated rings. The predicted octanol–water partition coefficient (Wildman–Crippen LogP) is 3.62. The van der Waals surface area contributed by atoms with E-state index in [2.05, 4.69) is 5.32 Å². The van der Waals surface area contributed by atoms with Crippen molar-refractivity contribution in [1.82, 2.24) is 4.90 Å². The number of carbonyl (C=O) groups excluding carboxylic acids is 3. The summed E-state index contributed by atoms with van der Waals surface area (Å²) >= 11 is 5.82. The Morgan fingerprint density at radius 3 is 2.26 bits per heavy atom. The fourth-order valence-electron chi connectivity index (χ4n) is 2.44. The molecule has 2 aromatic carbocycles. The molecule has 0 bridgehead atoms. The lowest BCUT2D eigenvalue weighted by atomic mass is 10.1. The summed E-state index contributed by atoms with van der Waals surface area (Å²) in [6.45, 7) is 4.44. The first-order valence-corrected chi connectivity index (χ1v) is 8.94. The zero-order valence-electron chi connectivity index (χ0n) is 15.2. The quantitative estimate of drug-likeness (QED) is 0.735. The molecule has 2 aromatic rings. The Morgan fingerprint density at radius 1 is 1.00 bits per heavy atom. The second-order valence-corrected chi connectivity index (χ2v) is 6.09. The van der Waals surface area contributed by atoms with Crippen LogP contribution in [0.15, 0.2) is 48.5 Å². The minimum atomic E-state index is -0.678. The van der Waals surface area contributed by atoms with Gasteiger partial charge in [-0.3, -0.25) is 9.59 Å². The molecule has 0 aromatic heterocycles. The lowest BCUT2D eigenvalue weighted by Crippen LogP contribution is -2.34. The van der Waals surface area contributed by atoms with Gasteiger partial charge in [0, 0.05) is 23.7 Å². The molecule has 2 amide bonds. The molecule has 0 atom stereocenters. The summed E-state index contributed by atoms with van der Waals surface area (Å²) in [5.41, 5.74) is 0.879.